The number of anilines is 1. The van der Waals surface area contributed by atoms with E-state index in [9.17, 15) is 19.5 Å². The summed E-state index contributed by atoms with van der Waals surface area (Å²) in [6, 6.07) is 11.6. The third-order valence-electron chi connectivity index (χ3n) is 6.05. The van der Waals surface area contributed by atoms with E-state index < -0.39 is 23.7 Å². The van der Waals surface area contributed by atoms with Crippen molar-refractivity contribution in [1.29, 1.82) is 0 Å². The van der Waals surface area contributed by atoms with Gasteiger partial charge in [-0.2, -0.15) is 0 Å². The van der Waals surface area contributed by atoms with Crippen molar-refractivity contribution in [3.05, 3.63) is 80.9 Å². The Morgan fingerprint density at radius 1 is 1.05 bits per heavy atom. The van der Waals surface area contributed by atoms with Crippen LogP contribution in [0.15, 0.2) is 48.0 Å². The number of aryl methyl sites for hydroxylation is 3. The molecule has 9 heteroatoms. The number of aliphatic hydroxyl groups is 1. The van der Waals surface area contributed by atoms with Gasteiger partial charge in [0.2, 0.25) is 0 Å². The second-order valence-electron chi connectivity index (χ2n) is 8.62. The molecule has 3 aromatic rings. The lowest BCUT2D eigenvalue weighted by molar-refractivity contribution is -0.132. The number of esters is 1. The summed E-state index contributed by atoms with van der Waals surface area (Å²) >= 11 is 0.974. The van der Waals surface area contributed by atoms with Gasteiger partial charge in [-0.3, -0.25) is 14.5 Å². The number of ether oxygens (including phenoxy) is 2. The van der Waals surface area contributed by atoms with Crippen LogP contribution in [0.4, 0.5) is 5.13 Å². The number of hydrogen-bond acceptors (Lipinski definition) is 8. The van der Waals surface area contributed by atoms with Gasteiger partial charge >= 0.3 is 11.9 Å². The van der Waals surface area contributed by atoms with Crippen LogP contribution in [-0.4, -0.2) is 41.0 Å². The average molecular weight is 521 g/mol. The molecule has 1 N–H and O–H groups in total. The number of hydrogen-bond donors (Lipinski definition) is 1. The monoisotopic (exact) mass is 520 g/mol. The predicted octanol–water partition coefficient (Wildman–Crippen LogP) is 5.27. The van der Waals surface area contributed by atoms with Crippen molar-refractivity contribution in [1.82, 2.24) is 4.98 Å². The largest absolute Gasteiger partial charge is 0.507 e. The van der Waals surface area contributed by atoms with Gasteiger partial charge in [-0.05, 0) is 63.9 Å². The Hall–Kier alpha value is -3.98. The van der Waals surface area contributed by atoms with Crippen LogP contribution in [0.5, 0.6) is 5.75 Å². The van der Waals surface area contributed by atoms with Crippen molar-refractivity contribution in [2.45, 2.75) is 40.7 Å². The Labute approximate surface area is 219 Å². The number of ketones is 1. The highest BCUT2D eigenvalue weighted by molar-refractivity contribution is 7.17. The Morgan fingerprint density at radius 2 is 1.76 bits per heavy atom. The van der Waals surface area contributed by atoms with Crippen LogP contribution >= 0.6 is 11.3 Å². The predicted molar refractivity (Wildman–Crippen MR) is 141 cm³/mol. The Bertz CT molecular complexity index is 1410. The number of carbonyl (C=O) groups is 3. The van der Waals surface area contributed by atoms with Gasteiger partial charge in [-0.1, -0.05) is 41.2 Å². The van der Waals surface area contributed by atoms with Gasteiger partial charge in [0.25, 0.3) is 5.78 Å². The van der Waals surface area contributed by atoms with E-state index in [1.54, 1.807) is 44.2 Å². The van der Waals surface area contributed by atoms with E-state index >= 15 is 0 Å². The van der Waals surface area contributed by atoms with E-state index in [4.69, 9.17) is 9.47 Å². The first-order valence-electron chi connectivity index (χ1n) is 11.9. The lowest BCUT2D eigenvalue weighted by Gasteiger charge is -2.23. The van der Waals surface area contributed by atoms with Crippen LogP contribution in [0, 0.1) is 20.8 Å². The molecular weight excluding hydrogens is 492 g/mol. The molecule has 4 rings (SSSR count). The maximum Gasteiger partial charge on any atom is 0.350 e. The molecule has 1 amide bonds. The van der Waals surface area contributed by atoms with Gasteiger partial charge in [0, 0.05) is 5.56 Å². The highest BCUT2D eigenvalue weighted by Crippen LogP contribution is 2.44. The Morgan fingerprint density at radius 3 is 2.41 bits per heavy atom. The molecule has 2 heterocycles. The number of Topliss-reactive ketones (excluding diaryl/α,β-unsaturated/α-hetero) is 1. The van der Waals surface area contributed by atoms with Crippen molar-refractivity contribution >= 4 is 39.9 Å². The van der Waals surface area contributed by atoms with Gasteiger partial charge in [0.1, 0.15) is 16.4 Å². The molecule has 37 heavy (non-hydrogen) atoms. The summed E-state index contributed by atoms with van der Waals surface area (Å²) in [5.41, 5.74) is 3.05. The molecule has 1 aromatic heterocycles. The van der Waals surface area contributed by atoms with Gasteiger partial charge in [-0.25, -0.2) is 9.78 Å². The van der Waals surface area contributed by atoms with Crippen molar-refractivity contribution in [2.75, 3.05) is 18.1 Å². The second-order valence-corrected chi connectivity index (χ2v) is 9.60. The number of nitrogens with zero attached hydrogens (tertiary/aromatic N) is 2. The first kappa shape index (κ1) is 26.1. The smallest absolute Gasteiger partial charge is 0.350 e. The summed E-state index contributed by atoms with van der Waals surface area (Å²) in [6.45, 7) is 9.61. The van der Waals surface area contributed by atoms with Crippen LogP contribution in [-0.2, 0) is 14.3 Å². The summed E-state index contributed by atoms with van der Waals surface area (Å²) in [4.78, 5) is 45.2. The first-order chi connectivity index (χ1) is 17.7. The van der Waals surface area contributed by atoms with Crippen molar-refractivity contribution in [2.24, 2.45) is 0 Å². The molecular formula is C28H28N2O6S. The maximum absolute atomic E-state index is 13.4. The number of aromatic nitrogens is 1. The third-order valence-corrected chi connectivity index (χ3v) is 7.19. The molecule has 1 saturated heterocycles. The molecule has 1 fully saturated rings. The number of aliphatic hydroxyl groups excluding tert-OH is 1. The molecule has 0 bridgehead atoms. The minimum atomic E-state index is -0.962. The van der Waals surface area contributed by atoms with E-state index in [0.29, 0.717) is 29.2 Å². The summed E-state index contributed by atoms with van der Waals surface area (Å²) in [5.74, 6) is -1.85. The number of rotatable bonds is 7. The minimum absolute atomic E-state index is 0.0478. The molecule has 192 valence electrons. The van der Waals surface area contributed by atoms with E-state index in [1.165, 1.54) is 4.90 Å². The first-order valence-corrected chi connectivity index (χ1v) is 12.7. The standard InChI is InChI=1S/C28H28N2O6S/c1-6-35-19-12-10-18(11-13-19)22-21(23(31)20-14-15(3)8-9-16(20)4)24(32)26(33)30(22)28-29-17(5)25(37-28)27(34)36-7-2/h8-14,22,31H,6-7H2,1-5H3/b23-21+. The average Bonchev–Trinajstić information content (AvgIpc) is 3.38. The highest BCUT2D eigenvalue weighted by Gasteiger charge is 2.48. The van der Waals surface area contributed by atoms with Gasteiger partial charge in [0.15, 0.2) is 5.13 Å². The van der Waals surface area contributed by atoms with Gasteiger partial charge < -0.3 is 14.6 Å². The molecule has 8 nitrogen and oxygen atoms in total. The number of carbonyl (C=O) groups excluding carboxylic acids is 3. The minimum Gasteiger partial charge on any atom is -0.507 e. The zero-order valence-corrected chi connectivity index (χ0v) is 22.1. The molecule has 1 aliphatic rings. The highest BCUT2D eigenvalue weighted by atomic mass is 32.1. The Balaban J connectivity index is 1.92. The molecule has 2 aromatic carbocycles. The summed E-state index contributed by atoms with van der Waals surface area (Å²) in [6.07, 6.45) is 0. The quantitative estimate of drug-likeness (QED) is 0.196. The lowest BCUT2D eigenvalue weighted by Crippen LogP contribution is -2.29. The molecule has 0 spiro atoms. The zero-order valence-electron chi connectivity index (χ0n) is 21.3. The van der Waals surface area contributed by atoms with Crippen LogP contribution < -0.4 is 9.64 Å². The molecule has 1 atom stereocenters. The fraction of sp³-hybridized carbons (Fsp3) is 0.286. The van der Waals surface area contributed by atoms with Crippen LogP contribution in [0.1, 0.15) is 57.5 Å². The van der Waals surface area contributed by atoms with Crippen LogP contribution in [0.2, 0.25) is 0 Å². The summed E-state index contributed by atoms with van der Waals surface area (Å²) < 4.78 is 10.7. The van der Waals surface area contributed by atoms with E-state index in [0.717, 1.165) is 22.5 Å². The number of amides is 1. The van der Waals surface area contributed by atoms with Crippen LogP contribution in [0.25, 0.3) is 5.76 Å². The van der Waals surface area contributed by atoms with Crippen LogP contribution in [0.3, 0.4) is 0 Å². The van der Waals surface area contributed by atoms with Gasteiger partial charge in [0.05, 0.1) is 30.5 Å². The Kier molecular flexibility index (Phi) is 7.45. The lowest BCUT2D eigenvalue weighted by atomic mass is 9.93. The fourth-order valence-electron chi connectivity index (χ4n) is 4.27. The molecule has 0 aliphatic carbocycles. The number of thiazole rings is 1. The molecule has 1 aliphatic heterocycles. The second kappa shape index (κ2) is 10.6. The van der Waals surface area contributed by atoms with E-state index in [-0.39, 0.29) is 27.9 Å². The van der Waals surface area contributed by atoms with Crippen molar-refractivity contribution < 1.29 is 29.0 Å². The van der Waals surface area contributed by atoms with Crippen molar-refractivity contribution in [3.8, 4) is 5.75 Å². The van der Waals surface area contributed by atoms with E-state index in [2.05, 4.69) is 4.98 Å². The summed E-state index contributed by atoms with van der Waals surface area (Å²) in [7, 11) is 0. The third kappa shape index (κ3) is 4.86. The maximum atomic E-state index is 13.4. The zero-order chi connectivity index (χ0) is 26.9. The molecule has 1 unspecified atom stereocenters. The topological polar surface area (TPSA) is 106 Å². The fourth-order valence-corrected chi connectivity index (χ4v) is 5.25. The molecule has 0 radical (unpaired) electrons. The van der Waals surface area contributed by atoms with Crippen molar-refractivity contribution in [3.63, 3.8) is 0 Å². The van der Waals surface area contributed by atoms with E-state index in [1.807, 2.05) is 32.9 Å². The van der Waals surface area contributed by atoms with Gasteiger partial charge in [-0.15, -0.1) is 0 Å². The number of benzene rings is 2. The normalized spacial score (nSPS) is 16.8. The molecule has 0 saturated carbocycles. The SMILES string of the molecule is CCOC(=O)c1sc(N2C(=O)C(=O)/C(=C(/O)c3cc(C)ccc3C)C2c2ccc(OCC)cc2)nc1C. The summed E-state index contributed by atoms with van der Waals surface area (Å²) in [5, 5.41) is 11.6.